The van der Waals surface area contributed by atoms with Crippen LogP contribution in [0.4, 0.5) is 0 Å². The molecule has 1 aromatic carbocycles. The number of hydrogen-bond acceptors (Lipinski definition) is 3. The molecule has 2 heterocycles. The Balaban J connectivity index is 1.95. The van der Waals surface area contributed by atoms with Gasteiger partial charge in [0.1, 0.15) is 5.69 Å². The highest BCUT2D eigenvalue weighted by Crippen LogP contribution is 2.28. The minimum absolute atomic E-state index is 0.169. The van der Waals surface area contributed by atoms with Crippen molar-refractivity contribution in [2.24, 2.45) is 0 Å². The molecule has 0 spiro atoms. The summed E-state index contributed by atoms with van der Waals surface area (Å²) in [6.07, 6.45) is 3.47. The van der Waals surface area contributed by atoms with E-state index in [4.69, 9.17) is 5.10 Å². The first-order valence-corrected chi connectivity index (χ1v) is 8.98. The first kappa shape index (κ1) is 16.5. The summed E-state index contributed by atoms with van der Waals surface area (Å²) in [5, 5.41) is 6.82. The summed E-state index contributed by atoms with van der Waals surface area (Å²) < 4.78 is 1.89. The molecule has 0 N–H and O–H groups in total. The average molecular weight is 339 g/mol. The van der Waals surface area contributed by atoms with E-state index in [1.54, 1.807) is 16.2 Å². The molecular weight excluding hydrogens is 318 g/mol. The van der Waals surface area contributed by atoms with Gasteiger partial charge in [-0.15, -0.1) is 11.3 Å². The fraction of sp³-hybridized carbons (Fsp3) is 0.263. The Bertz CT molecular complexity index is 793. The van der Waals surface area contributed by atoms with Crippen LogP contribution in [0.25, 0.3) is 16.3 Å². The van der Waals surface area contributed by atoms with Crippen LogP contribution in [0.15, 0.2) is 54.0 Å². The summed E-state index contributed by atoms with van der Waals surface area (Å²) in [6, 6.07) is 14.1. The molecule has 2 aromatic heterocycles. The maximum absolute atomic E-state index is 12.1. The number of carbonyl (C=O) groups excluding carboxylic acids is 1. The fourth-order valence-corrected chi connectivity index (χ4v) is 3.35. The second kappa shape index (κ2) is 7.45. The van der Waals surface area contributed by atoms with Crippen LogP contribution in [0, 0.1) is 0 Å². The van der Waals surface area contributed by atoms with Crippen LogP contribution in [-0.4, -0.2) is 27.6 Å². The van der Waals surface area contributed by atoms with Crippen molar-refractivity contribution in [2.45, 2.75) is 26.3 Å². The monoisotopic (exact) mass is 339 g/mol. The summed E-state index contributed by atoms with van der Waals surface area (Å²) in [5.74, 6) is 0.169. The smallest absolute Gasteiger partial charge is 0.222 e. The lowest BCUT2D eigenvalue weighted by Gasteiger charge is -2.16. The number of benzene rings is 1. The van der Waals surface area contributed by atoms with Gasteiger partial charge in [0, 0.05) is 31.8 Å². The van der Waals surface area contributed by atoms with Crippen molar-refractivity contribution in [1.29, 1.82) is 0 Å². The van der Waals surface area contributed by atoms with Crippen molar-refractivity contribution >= 4 is 17.2 Å². The summed E-state index contributed by atoms with van der Waals surface area (Å²) in [6.45, 7) is 2.59. The van der Waals surface area contributed by atoms with Gasteiger partial charge in [-0.2, -0.15) is 5.10 Å². The van der Waals surface area contributed by atoms with E-state index in [1.165, 1.54) is 0 Å². The molecule has 3 rings (SSSR count). The summed E-state index contributed by atoms with van der Waals surface area (Å²) in [7, 11) is 1.86. The SMILES string of the molecule is CCCC(=O)N(C)Cc1cn(-c2ccccc2)nc1-c1cccs1. The molecule has 0 aliphatic heterocycles. The van der Waals surface area contributed by atoms with E-state index < -0.39 is 0 Å². The minimum Gasteiger partial charge on any atom is -0.341 e. The molecule has 0 atom stereocenters. The maximum Gasteiger partial charge on any atom is 0.222 e. The lowest BCUT2D eigenvalue weighted by molar-refractivity contribution is -0.130. The lowest BCUT2D eigenvalue weighted by atomic mass is 10.2. The Morgan fingerprint density at radius 1 is 1.21 bits per heavy atom. The highest BCUT2D eigenvalue weighted by Gasteiger charge is 2.16. The standard InChI is InChI=1S/C19H21N3OS/c1-3-8-18(23)21(2)13-15-14-22(16-9-5-4-6-10-16)20-19(15)17-11-7-12-24-17/h4-7,9-12,14H,3,8,13H2,1-2H3. The Morgan fingerprint density at radius 2 is 2.00 bits per heavy atom. The molecule has 0 bridgehead atoms. The average Bonchev–Trinajstić information content (AvgIpc) is 3.25. The number of aromatic nitrogens is 2. The lowest BCUT2D eigenvalue weighted by Crippen LogP contribution is -2.25. The number of carbonyl (C=O) groups is 1. The Kier molecular flexibility index (Phi) is 5.11. The van der Waals surface area contributed by atoms with E-state index in [9.17, 15) is 4.79 Å². The largest absolute Gasteiger partial charge is 0.341 e. The van der Waals surface area contributed by atoms with Gasteiger partial charge in [0.2, 0.25) is 5.91 Å². The second-order valence-electron chi connectivity index (χ2n) is 5.76. The van der Waals surface area contributed by atoms with Crippen LogP contribution in [0.3, 0.4) is 0 Å². The number of hydrogen-bond donors (Lipinski definition) is 0. The van der Waals surface area contributed by atoms with Crippen molar-refractivity contribution in [3.63, 3.8) is 0 Å². The van der Waals surface area contributed by atoms with Crippen LogP contribution in [0.1, 0.15) is 25.3 Å². The number of nitrogens with zero attached hydrogens (tertiary/aromatic N) is 3. The van der Waals surface area contributed by atoms with E-state index in [1.807, 2.05) is 66.6 Å². The topological polar surface area (TPSA) is 38.1 Å². The molecule has 0 aliphatic rings. The van der Waals surface area contributed by atoms with Gasteiger partial charge in [-0.1, -0.05) is 31.2 Å². The van der Waals surface area contributed by atoms with E-state index in [0.29, 0.717) is 13.0 Å². The second-order valence-corrected chi connectivity index (χ2v) is 6.71. The first-order valence-electron chi connectivity index (χ1n) is 8.11. The Labute approximate surface area is 146 Å². The highest BCUT2D eigenvalue weighted by atomic mass is 32.1. The normalized spacial score (nSPS) is 10.8. The zero-order valence-corrected chi connectivity index (χ0v) is 14.8. The van der Waals surface area contributed by atoms with Crippen molar-refractivity contribution < 1.29 is 4.79 Å². The molecule has 0 fully saturated rings. The Hall–Kier alpha value is -2.40. The first-order chi connectivity index (χ1) is 11.7. The molecule has 0 saturated heterocycles. The van der Waals surface area contributed by atoms with Crippen LogP contribution in [0.5, 0.6) is 0 Å². The minimum atomic E-state index is 0.169. The van der Waals surface area contributed by atoms with Crippen molar-refractivity contribution in [1.82, 2.24) is 14.7 Å². The van der Waals surface area contributed by atoms with E-state index in [2.05, 4.69) is 6.07 Å². The quantitative estimate of drug-likeness (QED) is 0.669. The molecule has 0 aliphatic carbocycles. The molecular formula is C19H21N3OS. The number of para-hydroxylation sites is 1. The number of rotatable bonds is 6. The molecule has 24 heavy (non-hydrogen) atoms. The van der Waals surface area contributed by atoms with Gasteiger partial charge in [0.25, 0.3) is 0 Å². The number of thiophene rings is 1. The van der Waals surface area contributed by atoms with E-state index >= 15 is 0 Å². The van der Waals surface area contributed by atoms with Gasteiger partial charge in [-0.3, -0.25) is 4.79 Å². The zero-order valence-electron chi connectivity index (χ0n) is 14.0. The van der Waals surface area contributed by atoms with Crippen molar-refractivity contribution in [2.75, 3.05) is 7.05 Å². The third-order valence-corrected chi connectivity index (χ3v) is 4.74. The predicted molar refractivity (Wildman–Crippen MR) is 98.3 cm³/mol. The Morgan fingerprint density at radius 3 is 2.67 bits per heavy atom. The maximum atomic E-state index is 12.1. The van der Waals surface area contributed by atoms with Crippen LogP contribution >= 0.6 is 11.3 Å². The van der Waals surface area contributed by atoms with Gasteiger partial charge in [0.05, 0.1) is 10.6 Å². The van der Waals surface area contributed by atoms with Gasteiger partial charge < -0.3 is 4.90 Å². The summed E-state index contributed by atoms with van der Waals surface area (Å²) in [5.41, 5.74) is 3.03. The van der Waals surface area contributed by atoms with Crippen LogP contribution < -0.4 is 0 Å². The summed E-state index contributed by atoms with van der Waals surface area (Å²) in [4.78, 5) is 15.0. The molecule has 124 valence electrons. The summed E-state index contributed by atoms with van der Waals surface area (Å²) >= 11 is 1.67. The van der Waals surface area contributed by atoms with E-state index in [0.717, 1.165) is 28.2 Å². The third-order valence-electron chi connectivity index (χ3n) is 3.86. The van der Waals surface area contributed by atoms with Crippen LogP contribution in [0.2, 0.25) is 0 Å². The number of amides is 1. The van der Waals surface area contributed by atoms with Gasteiger partial charge in [-0.25, -0.2) is 4.68 Å². The molecule has 1 amide bonds. The fourth-order valence-electron chi connectivity index (χ4n) is 2.61. The van der Waals surface area contributed by atoms with Gasteiger partial charge in [0.15, 0.2) is 0 Å². The molecule has 3 aromatic rings. The molecule has 4 nitrogen and oxygen atoms in total. The molecule has 5 heteroatoms. The van der Waals surface area contributed by atoms with E-state index in [-0.39, 0.29) is 5.91 Å². The molecule has 0 unspecified atom stereocenters. The molecule has 0 radical (unpaired) electrons. The molecule has 0 saturated carbocycles. The van der Waals surface area contributed by atoms with Crippen molar-refractivity contribution in [3.8, 4) is 16.3 Å². The highest BCUT2D eigenvalue weighted by molar-refractivity contribution is 7.13. The predicted octanol–water partition coefficient (Wildman–Crippen LogP) is 4.36. The van der Waals surface area contributed by atoms with Gasteiger partial charge >= 0.3 is 0 Å². The van der Waals surface area contributed by atoms with Gasteiger partial charge in [-0.05, 0) is 30.0 Å². The van der Waals surface area contributed by atoms with Crippen molar-refractivity contribution in [3.05, 3.63) is 59.6 Å². The van der Waals surface area contributed by atoms with Crippen LogP contribution in [-0.2, 0) is 11.3 Å². The third kappa shape index (κ3) is 3.57. The zero-order chi connectivity index (χ0) is 16.9.